The highest BCUT2D eigenvalue weighted by atomic mass is 32.2. The summed E-state index contributed by atoms with van der Waals surface area (Å²) in [6.45, 7) is 4.67. The molecule has 2 rings (SSSR count). The van der Waals surface area contributed by atoms with Crippen LogP contribution in [-0.2, 0) is 10.0 Å². The van der Waals surface area contributed by atoms with Crippen LogP contribution in [0.15, 0.2) is 23.1 Å². The number of hydrogen-bond acceptors (Lipinski definition) is 6. The Morgan fingerprint density at radius 2 is 1.96 bits per heavy atom. The highest BCUT2D eigenvalue weighted by molar-refractivity contribution is 7.89. The molecule has 0 amide bonds. The predicted molar refractivity (Wildman–Crippen MR) is 95.1 cm³/mol. The Labute approximate surface area is 149 Å². The van der Waals surface area contributed by atoms with Gasteiger partial charge in [-0.05, 0) is 37.4 Å². The molecule has 7 nitrogen and oxygen atoms in total. The molecule has 1 aromatic carbocycles. The molecule has 0 saturated heterocycles. The molecule has 1 aromatic rings. The second kappa shape index (κ2) is 8.84. The predicted octanol–water partition coefficient (Wildman–Crippen LogP) is 1.55. The SMILES string of the molecule is CC(C)CN([C@H](CO)CCCCN)S(=O)(=O)c1ccc2c(c1)OCO2. The van der Waals surface area contributed by atoms with Gasteiger partial charge in [-0.15, -0.1) is 0 Å². The van der Waals surface area contributed by atoms with Crippen molar-refractivity contribution in [3.63, 3.8) is 0 Å². The lowest BCUT2D eigenvalue weighted by molar-refractivity contribution is 0.168. The van der Waals surface area contributed by atoms with E-state index in [0.717, 1.165) is 12.8 Å². The zero-order valence-electron chi connectivity index (χ0n) is 14.8. The van der Waals surface area contributed by atoms with Gasteiger partial charge in [0, 0.05) is 18.7 Å². The lowest BCUT2D eigenvalue weighted by atomic mass is 10.1. The van der Waals surface area contributed by atoms with Crippen LogP contribution in [0.5, 0.6) is 11.5 Å². The maximum atomic E-state index is 13.2. The van der Waals surface area contributed by atoms with Crippen LogP contribution in [0.4, 0.5) is 0 Å². The maximum absolute atomic E-state index is 13.2. The summed E-state index contributed by atoms with van der Waals surface area (Å²) in [4.78, 5) is 0.148. The van der Waals surface area contributed by atoms with Crippen LogP contribution >= 0.6 is 0 Å². The molecule has 142 valence electrons. The summed E-state index contributed by atoms with van der Waals surface area (Å²) in [5.74, 6) is 1.10. The van der Waals surface area contributed by atoms with E-state index >= 15 is 0 Å². The first kappa shape index (κ1) is 20.0. The van der Waals surface area contributed by atoms with Crippen molar-refractivity contribution in [1.82, 2.24) is 4.31 Å². The van der Waals surface area contributed by atoms with E-state index in [-0.39, 0.29) is 24.2 Å². The van der Waals surface area contributed by atoms with Gasteiger partial charge in [-0.2, -0.15) is 4.31 Å². The molecule has 25 heavy (non-hydrogen) atoms. The van der Waals surface area contributed by atoms with Crippen molar-refractivity contribution in [1.29, 1.82) is 0 Å². The first-order valence-corrected chi connectivity index (χ1v) is 10.1. The number of ether oxygens (including phenoxy) is 2. The Morgan fingerprint density at radius 3 is 2.60 bits per heavy atom. The van der Waals surface area contributed by atoms with Crippen LogP contribution in [0.3, 0.4) is 0 Å². The van der Waals surface area contributed by atoms with Gasteiger partial charge in [0.25, 0.3) is 0 Å². The molecule has 1 aliphatic heterocycles. The Kier molecular flexibility index (Phi) is 7.06. The highest BCUT2D eigenvalue weighted by Gasteiger charge is 2.32. The fraction of sp³-hybridized carbons (Fsp3) is 0.647. The van der Waals surface area contributed by atoms with Gasteiger partial charge in [-0.25, -0.2) is 8.42 Å². The van der Waals surface area contributed by atoms with Crippen LogP contribution in [0, 0.1) is 5.92 Å². The molecule has 0 fully saturated rings. The summed E-state index contributed by atoms with van der Waals surface area (Å²) in [5, 5.41) is 9.79. The van der Waals surface area contributed by atoms with Crippen molar-refractivity contribution in [2.24, 2.45) is 11.7 Å². The van der Waals surface area contributed by atoms with Gasteiger partial charge in [0.15, 0.2) is 11.5 Å². The molecule has 1 heterocycles. The van der Waals surface area contributed by atoms with E-state index in [0.29, 0.717) is 31.0 Å². The number of fused-ring (bicyclic) bond motifs is 1. The molecule has 0 aromatic heterocycles. The van der Waals surface area contributed by atoms with Crippen molar-refractivity contribution < 1.29 is 23.0 Å². The zero-order valence-corrected chi connectivity index (χ0v) is 15.7. The molecule has 0 radical (unpaired) electrons. The lowest BCUT2D eigenvalue weighted by Gasteiger charge is -2.31. The van der Waals surface area contributed by atoms with Gasteiger partial charge in [-0.1, -0.05) is 20.3 Å². The van der Waals surface area contributed by atoms with E-state index in [1.807, 2.05) is 13.8 Å². The van der Waals surface area contributed by atoms with Gasteiger partial charge in [0.2, 0.25) is 16.8 Å². The molecular weight excluding hydrogens is 344 g/mol. The van der Waals surface area contributed by atoms with E-state index in [2.05, 4.69) is 0 Å². The number of aliphatic hydroxyl groups excluding tert-OH is 1. The van der Waals surface area contributed by atoms with Gasteiger partial charge in [0.05, 0.1) is 11.5 Å². The average molecular weight is 372 g/mol. The number of aliphatic hydroxyl groups is 1. The van der Waals surface area contributed by atoms with Crippen molar-refractivity contribution in [3.8, 4) is 11.5 Å². The van der Waals surface area contributed by atoms with E-state index < -0.39 is 16.1 Å². The van der Waals surface area contributed by atoms with Crippen LogP contribution in [0.2, 0.25) is 0 Å². The van der Waals surface area contributed by atoms with Crippen LogP contribution in [0.25, 0.3) is 0 Å². The number of rotatable bonds is 10. The van der Waals surface area contributed by atoms with Gasteiger partial charge < -0.3 is 20.3 Å². The Balaban J connectivity index is 2.30. The summed E-state index contributed by atoms with van der Waals surface area (Å²) in [7, 11) is -3.76. The molecule has 0 spiro atoms. The molecule has 1 atom stereocenters. The summed E-state index contributed by atoms with van der Waals surface area (Å²) in [5.41, 5.74) is 5.52. The number of hydrogen-bond donors (Lipinski definition) is 2. The second-order valence-electron chi connectivity index (χ2n) is 6.60. The van der Waals surface area contributed by atoms with Crippen molar-refractivity contribution in [2.45, 2.75) is 44.0 Å². The molecule has 0 aliphatic carbocycles. The fourth-order valence-electron chi connectivity index (χ4n) is 2.83. The largest absolute Gasteiger partial charge is 0.454 e. The summed E-state index contributed by atoms with van der Waals surface area (Å²) in [6, 6.07) is 4.14. The minimum absolute atomic E-state index is 0.0902. The molecule has 0 saturated carbocycles. The number of benzene rings is 1. The average Bonchev–Trinajstić information content (AvgIpc) is 3.04. The topological polar surface area (TPSA) is 102 Å². The number of nitrogens with two attached hydrogens (primary N) is 1. The van der Waals surface area contributed by atoms with E-state index in [9.17, 15) is 13.5 Å². The second-order valence-corrected chi connectivity index (χ2v) is 8.50. The Bertz CT molecular complexity index is 663. The van der Waals surface area contributed by atoms with Gasteiger partial charge >= 0.3 is 0 Å². The van der Waals surface area contributed by atoms with E-state index in [4.69, 9.17) is 15.2 Å². The number of sulfonamides is 1. The van der Waals surface area contributed by atoms with Crippen molar-refractivity contribution in [2.75, 3.05) is 26.5 Å². The Morgan fingerprint density at radius 1 is 1.24 bits per heavy atom. The van der Waals surface area contributed by atoms with Gasteiger partial charge in [-0.3, -0.25) is 0 Å². The fourth-order valence-corrected chi connectivity index (χ4v) is 4.65. The quantitative estimate of drug-likeness (QED) is 0.604. The van der Waals surface area contributed by atoms with Crippen molar-refractivity contribution >= 4 is 10.0 Å². The van der Waals surface area contributed by atoms with Crippen molar-refractivity contribution in [3.05, 3.63) is 18.2 Å². The number of unbranched alkanes of at least 4 members (excludes halogenated alkanes) is 1. The van der Waals surface area contributed by atoms with Gasteiger partial charge in [0.1, 0.15) is 0 Å². The minimum Gasteiger partial charge on any atom is -0.454 e. The third-order valence-electron chi connectivity index (χ3n) is 4.11. The van der Waals surface area contributed by atoms with Crippen LogP contribution in [-0.4, -0.2) is 50.4 Å². The molecule has 1 aliphatic rings. The van der Waals surface area contributed by atoms with E-state index in [1.165, 1.54) is 16.4 Å². The molecular formula is C17H28N2O5S. The molecule has 8 heteroatoms. The number of nitrogens with zero attached hydrogens (tertiary/aromatic N) is 1. The standard InChI is InChI=1S/C17H28N2O5S/c1-13(2)10-19(14(11-20)5-3-4-8-18)25(21,22)15-6-7-16-17(9-15)24-12-23-16/h6-7,9,13-14,20H,3-5,8,10-12,18H2,1-2H3/t14-/m0/s1. The lowest BCUT2D eigenvalue weighted by Crippen LogP contribution is -2.44. The summed E-state index contributed by atoms with van der Waals surface area (Å²) in [6.07, 6.45) is 2.15. The Hall–Kier alpha value is -1.35. The summed E-state index contributed by atoms with van der Waals surface area (Å²) < 4.78 is 38.3. The maximum Gasteiger partial charge on any atom is 0.243 e. The van der Waals surface area contributed by atoms with Crippen LogP contribution < -0.4 is 15.2 Å². The monoisotopic (exact) mass is 372 g/mol. The molecule has 0 bridgehead atoms. The highest BCUT2D eigenvalue weighted by Crippen LogP contribution is 2.35. The summed E-state index contributed by atoms with van der Waals surface area (Å²) >= 11 is 0. The third kappa shape index (κ3) is 4.84. The zero-order chi connectivity index (χ0) is 18.4. The van der Waals surface area contributed by atoms with E-state index in [1.54, 1.807) is 6.07 Å². The normalized spacial score (nSPS) is 15.1. The minimum atomic E-state index is -3.76. The molecule has 3 N–H and O–H groups in total. The van der Waals surface area contributed by atoms with Crippen LogP contribution in [0.1, 0.15) is 33.1 Å². The smallest absolute Gasteiger partial charge is 0.243 e. The third-order valence-corrected chi connectivity index (χ3v) is 6.02. The first-order valence-electron chi connectivity index (χ1n) is 8.62. The first-order chi connectivity index (χ1) is 11.9. The molecule has 0 unspecified atom stereocenters.